The molecule has 19 heavy (non-hydrogen) atoms. The van der Waals surface area contributed by atoms with E-state index in [1.807, 2.05) is 11.8 Å². The lowest BCUT2D eigenvalue weighted by molar-refractivity contribution is 0.0628. The van der Waals surface area contributed by atoms with Crippen molar-refractivity contribution >= 4 is 11.8 Å². The van der Waals surface area contributed by atoms with E-state index in [4.69, 9.17) is 4.74 Å². The van der Waals surface area contributed by atoms with Crippen molar-refractivity contribution in [1.29, 1.82) is 0 Å². The Hall–Kier alpha value is -0.510. The molecule has 0 saturated heterocycles. The van der Waals surface area contributed by atoms with E-state index < -0.39 is 0 Å². The number of hydrogen-bond donors (Lipinski definition) is 1. The van der Waals surface area contributed by atoms with Gasteiger partial charge in [0.15, 0.2) is 0 Å². The second kappa shape index (κ2) is 9.40. The Kier molecular flexibility index (Phi) is 8.19. The minimum Gasteiger partial charge on any atom is -0.381 e. The van der Waals surface area contributed by atoms with Gasteiger partial charge in [-0.15, -0.1) is 0 Å². The summed E-state index contributed by atoms with van der Waals surface area (Å²) in [6.45, 7) is 8.10. The predicted molar refractivity (Wildman–Crippen MR) is 85.7 cm³/mol. The van der Waals surface area contributed by atoms with E-state index in [1.54, 1.807) is 0 Å². The molecule has 0 atom stereocenters. The fourth-order valence-electron chi connectivity index (χ4n) is 1.85. The molecule has 0 unspecified atom stereocenters. The molecule has 0 fully saturated rings. The van der Waals surface area contributed by atoms with Crippen LogP contribution in [0.25, 0.3) is 0 Å². The zero-order valence-electron chi connectivity index (χ0n) is 12.4. The van der Waals surface area contributed by atoms with Crippen molar-refractivity contribution in [3.63, 3.8) is 0 Å². The molecule has 0 aromatic heterocycles. The molecule has 1 N–H and O–H groups in total. The Morgan fingerprint density at radius 1 is 1.21 bits per heavy atom. The lowest BCUT2D eigenvalue weighted by Gasteiger charge is -2.25. The van der Waals surface area contributed by atoms with E-state index in [0.29, 0.717) is 0 Å². The van der Waals surface area contributed by atoms with Gasteiger partial charge in [0.25, 0.3) is 0 Å². The van der Waals surface area contributed by atoms with E-state index in [1.165, 1.54) is 11.3 Å². The molecule has 0 aliphatic heterocycles. The lowest BCUT2D eigenvalue weighted by Crippen LogP contribution is -2.33. The largest absolute Gasteiger partial charge is 0.381 e. The van der Waals surface area contributed by atoms with Crippen LogP contribution in [0.5, 0.6) is 0 Å². The van der Waals surface area contributed by atoms with Crippen LogP contribution in [-0.2, 0) is 11.3 Å². The highest BCUT2D eigenvalue weighted by molar-refractivity contribution is 7.98. The van der Waals surface area contributed by atoms with Gasteiger partial charge < -0.3 is 10.1 Å². The molecule has 1 aromatic rings. The summed E-state index contributed by atoms with van der Waals surface area (Å²) in [6, 6.07) is 10.5. The molecule has 108 valence electrons. The van der Waals surface area contributed by atoms with Crippen LogP contribution in [0.3, 0.4) is 0 Å². The maximum atomic E-state index is 5.75. The third kappa shape index (κ3) is 8.30. The monoisotopic (exact) mass is 281 g/mol. The predicted octanol–water partition coefficient (Wildman–Crippen LogP) is 3.57. The molecule has 0 heterocycles. The van der Waals surface area contributed by atoms with Gasteiger partial charge in [-0.05, 0) is 24.0 Å². The molecule has 3 heteroatoms. The van der Waals surface area contributed by atoms with Crippen molar-refractivity contribution in [2.45, 2.75) is 26.8 Å². The van der Waals surface area contributed by atoms with Crippen LogP contribution in [0.1, 0.15) is 25.8 Å². The second-order valence-electron chi connectivity index (χ2n) is 5.65. The smallest absolute Gasteiger partial charge is 0.0529 e. The van der Waals surface area contributed by atoms with Gasteiger partial charge in [0.05, 0.1) is 6.61 Å². The summed E-state index contributed by atoms with van der Waals surface area (Å²) in [7, 11) is 0. The summed E-state index contributed by atoms with van der Waals surface area (Å²) in [6.07, 6.45) is 3.28. The highest BCUT2D eigenvalue weighted by Gasteiger charge is 2.17. The summed E-state index contributed by atoms with van der Waals surface area (Å²) in [5.74, 6) is 1.19. The SMILES string of the molecule is CSCCCOCC(C)(C)CNCc1ccccc1. The molecule has 1 rings (SSSR count). The maximum absolute atomic E-state index is 5.75. The van der Waals surface area contributed by atoms with Crippen LogP contribution in [0, 0.1) is 5.41 Å². The molecule has 0 amide bonds. The highest BCUT2D eigenvalue weighted by atomic mass is 32.2. The van der Waals surface area contributed by atoms with Gasteiger partial charge in [-0.3, -0.25) is 0 Å². The maximum Gasteiger partial charge on any atom is 0.0529 e. The number of thioether (sulfide) groups is 1. The Balaban J connectivity index is 2.12. The standard InChI is InChI=1S/C16H27NOS/c1-16(2,14-18-10-7-11-19-3)13-17-12-15-8-5-4-6-9-15/h4-6,8-9,17H,7,10-14H2,1-3H3. The molecule has 0 radical (unpaired) electrons. The number of hydrogen-bond acceptors (Lipinski definition) is 3. The summed E-state index contributed by atoms with van der Waals surface area (Å²) < 4.78 is 5.75. The van der Waals surface area contributed by atoms with Gasteiger partial charge in [-0.1, -0.05) is 44.2 Å². The number of nitrogens with one attached hydrogen (secondary N) is 1. The fraction of sp³-hybridized carbons (Fsp3) is 0.625. The van der Waals surface area contributed by atoms with Crippen LogP contribution in [0.2, 0.25) is 0 Å². The van der Waals surface area contributed by atoms with Crippen molar-refractivity contribution in [2.24, 2.45) is 5.41 Å². The second-order valence-corrected chi connectivity index (χ2v) is 6.64. The number of benzene rings is 1. The van der Waals surface area contributed by atoms with Crippen molar-refractivity contribution in [2.75, 3.05) is 31.8 Å². The van der Waals surface area contributed by atoms with E-state index >= 15 is 0 Å². The minimum atomic E-state index is 0.189. The Morgan fingerprint density at radius 2 is 1.95 bits per heavy atom. The molecule has 2 nitrogen and oxygen atoms in total. The molecule has 1 aromatic carbocycles. The van der Waals surface area contributed by atoms with E-state index in [2.05, 4.69) is 55.8 Å². The van der Waals surface area contributed by atoms with Gasteiger partial charge in [-0.2, -0.15) is 11.8 Å². The fourth-order valence-corrected chi connectivity index (χ4v) is 2.25. The van der Waals surface area contributed by atoms with Gasteiger partial charge in [-0.25, -0.2) is 0 Å². The van der Waals surface area contributed by atoms with E-state index in [9.17, 15) is 0 Å². The summed E-state index contributed by atoms with van der Waals surface area (Å²) in [4.78, 5) is 0. The molecule has 0 aliphatic carbocycles. The van der Waals surface area contributed by atoms with Gasteiger partial charge in [0.2, 0.25) is 0 Å². The third-order valence-electron chi connectivity index (χ3n) is 2.91. The molecule has 0 aliphatic rings. The van der Waals surface area contributed by atoms with Crippen LogP contribution in [0.15, 0.2) is 30.3 Å². The lowest BCUT2D eigenvalue weighted by atomic mass is 9.95. The molecular formula is C16H27NOS. The van der Waals surface area contributed by atoms with Gasteiger partial charge >= 0.3 is 0 Å². The van der Waals surface area contributed by atoms with E-state index in [0.717, 1.165) is 32.7 Å². The third-order valence-corrected chi connectivity index (χ3v) is 3.60. The Labute approximate surface area is 122 Å². The average Bonchev–Trinajstić information content (AvgIpc) is 2.39. The Bertz CT molecular complexity index is 327. The topological polar surface area (TPSA) is 21.3 Å². The molecule has 0 saturated carbocycles. The van der Waals surface area contributed by atoms with Crippen molar-refractivity contribution < 1.29 is 4.74 Å². The first-order chi connectivity index (χ1) is 9.14. The first-order valence-electron chi connectivity index (χ1n) is 6.95. The first kappa shape index (κ1) is 16.5. The summed E-state index contributed by atoms with van der Waals surface area (Å²) in [5.41, 5.74) is 1.52. The summed E-state index contributed by atoms with van der Waals surface area (Å²) in [5, 5.41) is 3.51. The van der Waals surface area contributed by atoms with Gasteiger partial charge in [0.1, 0.15) is 0 Å². The van der Waals surface area contributed by atoms with Gasteiger partial charge in [0, 0.05) is 25.1 Å². The van der Waals surface area contributed by atoms with Crippen LogP contribution >= 0.6 is 11.8 Å². The van der Waals surface area contributed by atoms with Crippen LogP contribution < -0.4 is 5.32 Å². The number of rotatable bonds is 10. The van der Waals surface area contributed by atoms with Crippen molar-refractivity contribution in [3.8, 4) is 0 Å². The molecular weight excluding hydrogens is 254 g/mol. The quantitative estimate of drug-likeness (QED) is 0.662. The Morgan fingerprint density at radius 3 is 2.63 bits per heavy atom. The average molecular weight is 281 g/mol. The first-order valence-corrected chi connectivity index (χ1v) is 8.35. The zero-order valence-corrected chi connectivity index (χ0v) is 13.3. The normalized spacial score (nSPS) is 11.7. The van der Waals surface area contributed by atoms with E-state index in [-0.39, 0.29) is 5.41 Å². The number of ether oxygens (including phenoxy) is 1. The molecule has 0 bridgehead atoms. The van der Waals surface area contributed by atoms with Crippen molar-refractivity contribution in [1.82, 2.24) is 5.32 Å². The van der Waals surface area contributed by atoms with Crippen molar-refractivity contribution in [3.05, 3.63) is 35.9 Å². The highest BCUT2D eigenvalue weighted by Crippen LogP contribution is 2.14. The zero-order chi connectivity index (χ0) is 14.0. The van der Waals surface area contributed by atoms with Crippen LogP contribution in [-0.4, -0.2) is 31.8 Å². The minimum absolute atomic E-state index is 0.189. The summed E-state index contributed by atoms with van der Waals surface area (Å²) >= 11 is 1.88. The molecule has 0 spiro atoms. The van der Waals surface area contributed by atoms with Crippen LogP contribution in [0.4, 0.5) is 0 Å².